The van der Waals surface area contributed by atoms with Gasteiger partial charge in [0.2, 0.25) is 5.91 Å². The fraction of sp³-hybridized carbons (Fsp3) is 0.312. The summed E-state index contributed by atoms with van der Waals surface area (Å²) in [5.41, 5.74) is 1.19. The second-order valence-corrected chi connectivity index (χ2v) is 7.25. The minimum Gasteiger partial charge on any atom is -0.442 e. The van der Waals surface area contributed by atoms with Gasteiger partial charge in [0.05, 0.1) is 34.3 Å². The van der Waals surface area contributed by atoms with Crippen LogP contribution in [-0.4, -0.2) is 36.4 Å². The molecule has 0 saturated carbocycles. The third-order valence-corrected chi connectivity index (χ3v) is 5.23. The van der Waals surface area contributed by atoms with Crippen LogP contribution in [0.15, 0.2) is 34.7 Å². The molecule has 1 aromatic rings. The summed E-state index contributed by atoms with van der Waals surface area (Å²) in [7, 11) is 0. The zero-order valence-electron chi connectivity index (χ0n) is 12.6. The Hall–Kier alpha value is -2.17. The number of halogens is 1. The number of benzene rings is 1. The third kappa shape index (κ3) is 3.66. The zero-order chi connectivity index (χ0) is 17.1. The van der Waals surface area contributed by atoms with Crippen LogP contribution in [0.4, 0.5) is 10.5 Å². The lowest BCUT2D eigenvalue weighted by Crippen LogP contribution is -2.38. The van der Waals surface area contributed by atoms with Crippen LogP contribution >= 0.6 is 23.4 Å². The molecule has 3 rings (SSSR count). The van der Waals surface area contributed by atoms with Gasteiger partial charge in [0, 0.05) is 5.69 Å². The number of thioether (sulfide) groups is 1. The number of anilines is 1. The van der Waals surface area contributed by atoms with Gasteiger partial charge in [-0.05, 0) is 30.7 Å². The number of nitriles is 1. The molecule has 1 unspecified atom stereocenters. The Kier molecular flexibility index (Phi) is 4.97. The first-order valence-corrected chi connectivity index (χ1v) is 8.61. The summed E-state index contributed by atoms with van der Waals surface area (Å²) in [6.45, 7) is 0.605. The molecule has 0 aliphatic carbocycles. The van der Waals surface area contributed by atoms with E-state index in [1.54, 1.807) is 24.3 Å². The number of nitrogens with zero attached hydrogens (tertiary/aromatic N) is 2. The SMILES string of the molecule is N#Cc1ccc(N2C[C@H](CNC(=O)C3CC=C(Cl)S3)OC2=O)cc1. The van der Waals surface area contributed by atoms with Gasteiger partial charge in [0.25, 0.3) is 0 Å². The van der Waals surface area contributed by atoms with Crippen molar-refractivity contribution in [2.75, 3.05) is 18.0 Å². The van der Waals surface area contributed by atoms with Crippen molar-refractivity contribution in [1.82, 2.24) is 5.32 Å². The van der Waals surface area contributed by atoms with Gasteiger partial charge in [-0.25, -0.2) is 4.79 Å². The van der Waals surface area contributed by atoms with Gasteiger partial charge >= 0.3 is 6.09 Å². The smallest absolute Gasteiger partial charge is 0.414 e. The normalized spacial score (nSPS) is 22.8. The first-order chi connectivity index (χ1) is 11.6. The maximum absolute atomic E-state index is 12.0. The van der Waals surface area contributed by atoms with Crippen molar-refractivity contribution in [3.63, 3.8) is 0 Å². The highest BCUT2D eigenvalue weighted by atomic mass is 35.5. The lowest BCUT2D eigenvalue weighted by Gasteiger charge is -2.14. The van der Waals surface area contributed by atoms with Gasteiger partial charge in [-0.3, -0.25) is 9.69 Å². The van der Waals surface area contributed by atoms with Crippen LogP contribution in [0.25, 0.3) is 0 Å². The zero-order valence-corrected chi connectivity index (χ0v) is 14.1. The molecule has 2 aliphatic rings. The largest absolute Gasteiger partial charge is 0.442 e. The van der Waals surface area contributed by atoms with E-state index >= 15 is 0 Å². The summed E-state index contributed by atoms with van der Waals surface area (Å²) >= 11 is 7.18. The molecule has 1 saturated heterocycles. The Balaban J connectivity index is 1.53. The fourth-order valence-corrected chi connectivity index (χ4v) is 3.73. The van der Waals surface area contributed by atoms with Crippen molar-refractivity contribution in [1.29, 1.82) is 5.26 Å². The highest BCUT2D eigenvalue weighted by Gasteiger charge is 2.33. The van der Waals surface area contributed by atoms with Crippen molar-refractivity contribution in [3.05, 3.63) is 40.3 Å². The molecule has 1 N–H and O–H groups in total. The molecule has 2 amide bonds. The Morgan fingerprint density at radius 3 is 2.83 bits per heavy atom. The van der Waals surface area contributed by atoms with E-state index in [-0.39, 0.29) is 17.7 Å². The maximum Gasteiger partial charge on any atom is 0.414 e. The van der Waals surface area contributed by atoms with E-state index in [1.165, 1.54) is 16.7 Å². The van der Waals surface area contributed by atoms with E-state index in [0.717, 1.165) is 0 Å². The van der Waals surface area contributed by atoms with Crippen molar-refractivity contribution in [2.45, 2.75) is 17.8 Å². The van der Waals surface area contributed by atoms with E-state index in [2.05, 4.69) is 5.32 Å². The van der Waals surface area contributed by atoms with Gasteiger partial charge in [-0.2, -0.15) is 5.26 Å². The molecule has 124 valence electrons. The lowest BCUT2D eigenvalue weighted by atomic mass is 10.2. The summed E-state index contributed by atoms with van der Waals surface area (Å²) in [4.78, 5) is 25.5. The Morgan fingerprint density at radius 1 is 1.46 bits per heavy atom. The first-order valence-electron chi connectivity index (χ1n) is 7.35. The number of cyclic esters (lactones) is 1. The summed E-state index contributed by atoms with van der Waals surface area (Å²) in [5.74, 6) is -0.111. The monoisotopic (exact) mass is 363 g/mol. The van der Waals surface area contributed by atoms with Gasteiger partial charge < -0.3 is 10.1 Å². The predicted molar refractivity (Wildman–Crippen MR) is 91.7 cm³/mol. The number of carbonyl (C=O) groups is 2. The summed E-state index contributed by atoms with van der Waals surface area (Å²) in [5, 5.41) is 11.4. The summed E-state index contributed by atoms with van der Waals surface area (Å²) in [6, 6.07) is 8.71. The van der Waals surface area contributed by atoms with Crippen LogP contribution in [0.3, 0.4) is 0 Å². The van der Waals surface area contributed by atoms with Crippen LogP contribution in [0.5, 0.6) is 0 Å². The molecule has 1 aromatic carbocycles. The average molecular weight is 364 g/mol. The predicted octanol–water partition coefficient (Wildman–Crippen LogP) is 2.59. The van der Waals surface area contributed by atoms with Crippen LogP contribution in [-0.2, 0) is 9.53 Å². The molecule has 2 atom stereocenters. The topological polar surface area (TPSA) is 82.4 Å². The number of carbonyl (C=O) groups excluding carboxylic acids is 2. The molecule has 0 aromatic heterocycles. The average Bonchev–Trinajstić information content (AvgIpc) is 3.18. The van der Waals surface area contributed by atoms with E-state index in [9.17, 15) is 9.59 Å². The van der Waals surface area contributed by atoms with Crippen molar-refractivity contribution >= 4 is 41.1 Å². The molecule has 24 heavy (non-hydrogen) atoms. The molecular weight excluding hydrogens is 350 g/mol. The lowest BCUT2D eigenvalue weighted by molar-refractivity contribution is -0.120. The van der Waals surface area contributed by atoms with E-state index in [4.69, 9.17) is 21.6 Å². The second kappa shape index (κ2) is 7.16. The number of allylic oxidation sites excluding steroid dienone is 1. The minimum atomic E-state index is -0.459. The van der Waals surface area contributed by atoms with Crippen LogP contribution < -0.4 is 10.2 Å². The molecule has 1 fully saturated rings. The Labute approximate surface area is 148 Å². The Morgan fingerprint density at radius 2 is 2.21 bits per heavy atom. The standard InChI is InChI=1S/C16H14ClN3O3S/c17-14-6-5-13(24-14)15(21)19-8-12-9-20(16(22)23-12)11-3-1-10(7-18)2-4-11/h1-4,6,12-13H,5,8-9H2,(H,19,21)/t12-,13?/m0/s1. The molecule has 6 nitrogen and oxygen atoms in total. The van der Waals surface area contributed by atoms with Gasteiger partial charge in [0.1, 0.15) is 6.10 Å². The van der Waals surface area contributed by atoms with Crippen LogP contribution in [0, 0.1) is 11.3 Å². The number of hydrogen-bond acceptors (Lipinski definition) is 5. The molecule has 0 radical (unpaired) electrons. The quantitative estimate of drug-likeness (QED) is 0.889. The second-order valence-electron chi connectivity index (χ2n) is 5.37. The fourth-order valence-electron chi connectivity index (χ4n) is 2.48. The van der Waals surface area contributed by atoms with E-state index in [0.29, 0.717) is 28.6 Å². The number of ether oxygens (including phenoxy) is 1. The van der Waals surface area contributed by atoms with Gasteiger partial charge in [0.15, 0.2) is 0 Å². The molecular formula is C16H14ClN3O3S. The maximum atomic E-state index is 12.0. The van der Waals surface area contributed by atoms with E-state index in [1.807, 2.05) is 12.1 Å². The number of hydrogen-bond donors (Lipinski definition) is 1. The van der Waals surface area contributed by atoms with Gasteiger partial charge in [-0.15, -0.1) is 11.8 Å². The molecule has 2 aliphatic heterocycles. The molecule has 0 spiro atoms. The first kappa shape index (κ1) is 16.7. The minimum absolute atomic E-state index is 0.111. The highest BCUT2D eigenvalue weighted by Crippen LogP contribution is 2.34. The number of rotatable bonds is 4. The van der Waals surface area contributed by atoms with Crippen LogP contribution in [0.2, 0.25) is 0 Å². The van der Waals surface area contributed by atoms with Crippen molar-refractivity contribution in [2.24, 2.45) is 0 Å². The van der Waals surface area contributed by atoms with Crippen molar-refractivity contribution < 1.29 is 14.3 Å². The molecule has 8 heteroatoms. The number of nitrogens with one attached hydrogen (secondary N) is 1. The number of amides is 2. The summed E-state index contributed by atoms with van der Waals surface area (Å²) in [6.07, 6.45) is 1.56. The molecule has 0 bridgehead atoms. The van der Waals surface area contributed by atoms with Crippen LogP contribution in [0.1, 0.15) is 12.0 Å². The Bertz CT molecular complexity index is 729. The van der Waals surface area contributed by atoms with Gasteiger partial charge in [-0.1, -0.05) is 17.7 Å². The van der Waals surface area contributed by atoms with E-state index < -0.39 is 12.2 Å². The highest BCUT2D eigenvalue weighted by molar-refractivity contribution is 8.06. The third-order valence-electron chi connectivity index (χ3n) is 3.73. The van der Waals surface area contributed by atoms with Crippen molar-refractivity contribution in [3.8, 4) is 6.07 Å². The summed E-state index contributed by atoms with van der Waals surface area (Å²) < 4.78 is 5.91. The molecule has 2 heterocycles.